The zero-order valence-electron chi connectivity index (χ0n) is 18.3. The maximum Gasteiger partial charge on any atom is 0.119 e. The number of methoxy groups -OCH3 is 1. The van der Waals surface area contributed by atoms with Crippen LogP contribution in [0.25, 0.3) is 0 Å². The van der Waals surface area contributed by atoms with Crippen LogP contribution in [-0.4, -0.2) is 38.3 Å². The van der Waals surface area contributed by atoms with E-state index in [0.717, 1.165) is 31.1 Å². The maximum atomic E-state index is 6.04. The van der Waals surface area contributed by atoms with Crippen LogP contribution < -0.4 is 9.47 Å². The summed E-state index contributed by atoms with van der Waals surface area (Å²) in [6, 6.07) is 26.3. The Bertz CT molecular complexity index is 993. The number of benzene rings is 3. The van der Waals surface area contributed by atoms with Crippen LogP contribution >= 0.6 is 0 Å². The summed E-state index contributed by atoms with van der Waals surface area (Å²) in [7, 11) is 1.74. The van der Waals surface area contributed by atoms with Crippen LogP contribution in [0.2, 0.25) is 0 Å². The van der Waals surface area contributed by atoms with Gasteiger partial charge in [-0.2, -0.15) is 0 Å². The van der Waals surface area contributed by atoms with Crippen molar-refractivity contribution in [2.75, 3.05) is 33.4 Å². The quantitative estimate of drug-likeness (QED) is 0.500. The second kappa shape index (κ2) is 9.15. The van der Waals surface area contributed by atoms with E-state index in [4.69, 9.17) is 9.47 Å². The van der Waals surface area contributed by atoms with Crippen molar-refractivity contribution >= 4 is 0 Å². The van der Waals surface area contributed by atoms with Crippen molar-refractivity contribution in [1.29, 1.82) is 0 Å². The minimum atomic E-state index is 0.349. The van der Waals surface area contributed by atoms with Gasteiger partial charge in [0.15, 0.2) is 0 Å². The van der Waals surface area contributed by atoms with Gasteiger partial charge in [-0.1, -0.05) is 48.5 Å². The normalized spacial score (nSPS) is 20.5. The number of hydrogen-bond donors (Lipinski definition) is 0. The lowest BCUT2D eigenvalue weighted by atomic mass is 9.82. The molecule has 1 saturated heterocycles. The molecule has 31 heavy (non-hydrogen) atoms. The van der Waals surface area contributed by atoms with Crippen LogP contribution in [0, 0.1) is 0 Å². The molecule has 2 aliphatic rings. The Kier molecular flexibility index (Phi) is 5.95. The molecule has 2 atom stereocenters. The monoisotopic (exact) mass is 413 g/mol. The molecular formula is C28H31NO2. The fraction of sp³-hybridized carbons (Fsp3) is 0.357. The van der Waals surface area contributed by atoms with Crippen molar-refractivity contribution in [2.24, 2.45) is 0 Å². The van der Waals surface area contributed by atoms with E-state index in [1.54, 1.807) is 7.11 Å². The van der Waals surface area contributed by atoms with E-state index in [0.29, 0.717) is 11.8 Å². The van der Waals surface area contributed by atoms with Crippen molar-refractivity contribution in [2.45, 2.75) is 31.1 Å². The van der Waals surface area contributed by atoms with Gasteiger partial charge in [0.25, 0.3) is 0 Å². The third-order valence-electron chi connectivity index (χ3n) is 6.87. The van der Waals surface area contributed by atoms with Crippen molar-refractivity contribution < 1.29 is 9.47 Å². The standard InChI is InChI=1S/C28H31NO2/c1-30-25-13-14-26-23(19-25)20-27(21-7-3-2-4-8-21)28(26)22-9-11-24(12-10-22)31-18-17-29-15-5-6-16-29/h2-4,7-14,19,27-28H,5-6,15-18,20H2,1H3. The second-order valence-electron chi connectivity index (χ2n) is 8.73. The van der Waals surface area contributed by atoms with Gasteiger partial charge in [-0.05, 0) is 84.8 Å². The summed E-state index contributed by atoms with van der Waals surface area (Å²) in [6.07, 6.45) is 3.69. The number of fused-ring (bicyclic) bond motifs is 1. The van der Waals surface area contributed by atoms with Crippen LogP contribution in [-0.2, 0) is 6.42 Å². The summed E-state index contributed by atoms with van der Waals surface area (Å²) in [5, 5.41) is 0. The van der Waals surface area contributed by atoms with Gasteiger partial charge in [-0.25, -0.2) is 0 Å². The van der Waals surface area contributed by atoms with Crippen molar-refractivity contribution in [3.63, 3.8) is 0 Å². The molecule has 0 radical (unpaired) electrons. The van der Waals surface area contributed by atoms with Gasteiger partial charge in [0.2, 0.25) is 0 Å². The summed E-state index contributed by atoms with van der Waals surface area (Å²) in [5.74, 6) is 2.69. The molecule has 3 nitrogen and oxygen atoms in total. The van der Waals surface area contributed by atoms with Crippen molar-refractivity contribution in [1.82, 2.24) is 4.90 Å². The molecule has 0 saturated carbocycles. The third kappa shape index (κ3) is 4.33. The van der Waals surface area contributed by atoms with E-state index in [1.165, 1.54) is 48.2 Å². The minimum absolute atomic E-state index is 0.349. The van der Waals surface area contributed by atoms with Crippen LogP contribution in [0.4, 0.5) is 0 Å². The molecule has 0 amide bonds. The van der Waals surface area contributed by atoms with E-state index in [9.17, 15) is 0 Å². The first-order valence-electron chi connectivity index (χ1n) is 11.5. The molecule has 5 rings (SSSR count). The van der Waals surface area contributed by atoms with Crippen molar-refractivity contribution in [3.8, 4) is 11.5 Å². The van der Waals surface area contributed by atoms with E-state index in [1.807, 2.05) is 0 Å². The highest BCUT2D eigenvalue weighted by atomic mass is 16.5. The molecule has 0 aromatic heterocycles. The molecule has 1 heterocycles. The first kappa shape index (κ1) is 20.1. The molecular weight excluding hydrogens is 382 g/mol. The predicted octanol–water partition coefficient (Wildman–Crippen LogP) is 5.64. The molecule has 3 heteroatoms. The van der Waals surface area contributed by atoms with Gasteiger partial charge in [0.05, 0.1) is 7.11 Å². The van der Waals surface area contributed by atoms with Gasteiger partial charge < -0.3 is 9.47 Å². The first-order chi connectivity index (χ1) is 15.3. The average molecular weight is 414 g/mol. The van der Waals surface area contributed by atoms with E-state index < -0.39 is 0 Å². The molecule has 1 aliphatic heterocycles. The maximum absolute atomic E-state index is 6.04. The predicted molar refractivity (Wildman–Crippen MR) is 125 cm³/mol. The highest BCUT2D eigenvalue weighted by molar-refractivity contribution is 5.51. The Morgan fingerprint density at radius 3 is 2.32 bits per heavy atom. The lowest BCUT2D eigenvalue weighted by Crippen LogP contribution is -2.25. The first-order valence-corrected chi connectivity index (χ1v) is 11.5. The Morgan fingerprint density at radius 1 is 0.839 bits per heavy atom. The Morgan fingerprint density at radius 2 is 1.58 bits per heavy atom. The molecule has 3 aromatic rings. The molecule has 1 aliphatic carbocycles. The summed E-state index contributed by atoms with van der Waals surface area (Å²) >= 11 is 0. The highest BCUT2D eigenvalue weighted by Gasteiger charge is 2.34. The van der Waals surface area contributed by atoms with Crippen LogP contribution in [0.1, 0.15) is 46.9 Å². The number of nitrogens with zero attached hydrogens (tertiary/aromatic N) is 1. The second-order valence-corrected chi connectivity index (χ2v) is 8.73. The van der Waals surface area contributed by atoms with Gasteiger partial charge in [-0.3, -0.25) is 4.90 Å². The SMILES string of the molecule is COc1ccc2c(c1)CC(c1ccccc1)C2c1ccc(OCCN2CCCC2)cc1. The lowest BCUT2D eigenvalue weighted by Gasteiger charge is -2.22. The molecule has 0 spiro atoms. The van der Waals surface area contributed by atoms with Gasteiger partial charge in [-0.15, -0.1) is 0 Å². The summed E-state index contributed by atoms with van der Waals surface area (Å²) in [5.41, 5.74) is 5.56. The van der Waals surface area contributed by atoms with Crippen LogP contribution in [0.15, 0.2) is 72.8 Å². The highest BCUT2D eigenvalue weighted by Crippen LogP contribution is 2.48. The van der Waals surface area contributed by atoms with Crippen LogP contribution in [0.5, 0.6) is 11.5 Å². The minimum Gasteiger partial charge on any atom is -0.497 e. The Balaban J connectivity index is 1.37. The molecule has 2 unspecified atom stereocenters. The fourth-order valence-electron chi connectivity index (χ4n) is 5.25. The number of likely N-dealkylation sites (tertiary alicyclic amines) is 1. The molecule has 1 fully saturated rings. The fourth-order valence-corrected chi connectivity index (χ4v) is 5.25. The zero-order chi connectivity index (χ0) is 21.0. The number of rotatable bonds is 7. The zero-order valence-corrected chi connectivity index (χ0v) is 18.3. The summed E-state index contributed by atoms with van der Waals surface area (Å²) in [6.45, 7) is 4.22. The number of hydrogen-bond acceptors (Lipinski definition) is 3. The van der Waals surface area contributed by atoms with E-state index >= 15 is 0 Å². The average Bonchev–Trinajstić information content (AvgIpc) is 3.47. The van der Waals surface area contributed by atoms with Crippen LogP contribution in [0.3, 0.4) is 0 Å². The Labute approximate surface area is 185 Å². The summed E-state index contributed by atoms with van der Waals surface area (Å²) in [4.78, 5) is 2.49. The van der Waals surface area contributed by atoms with Crippen molar-refractivity contribution in [3.05, 3.63) is 95.1 Å². The van der Waals surface area contributed by atoms with E-state index in [-0.39, 0.29) is 0 Å². The van der Waals surface area contributed by atoms with E-state index in [2.05, 4.69) is 77.7 Å². The smallest absolute Gasteiger partial charge is 0.119 e. The molecule has 160 valence electrons. The molecule has 0 N–H and O–H groups in total. The topological polar surface area (TPSA) is 21.7 Å². The lowest BCUT2D eigenvalue weighted by molar-refractivity contribution is 0.237. The number of ether oxygens (including phenoxy) is 2. The van der Waals surface area contributed by atoms with Gasteiger partial charge in [0.1, 0.15) is 18.1 Å². The molecule has 3 aromatic carbocycles. The van der Waals surface area contributed by atoms with Gasteiger partial charge in [0, 0.05) is 12.5 Å². The third-order valence-corrected chi connectivity index (χ3v) is 6.87. The molecule has 0 bridgehead atoms. The Hall–Kier alpha value is -2.78. The summed E-state index contributed by atoms with van der Waals surface area (Å²) < 4.78 is 11.5. The van der Waals surface area contributed by atoms with Gasteiger partial charge >= 0.3 is 0 Å². The largest absolute Gasteiger partial charge is 0.497 e.